The minimum atomic E-state index is -0.531. The molecule has 1 heterocycles. The first kappa shape index (κ1) is 23.7. The van der Waals surface area contributed by atoms with Crippen LogP contribution in [0.1, 0.15) is 67.9 Å². The molecule has 0 aromatic heterocycles. The zero-order valence-corrected chi connectivity index (χ0v) is 19.8. The highest BCUT2D eigenvalue weighted by Crippen LogP contribution is 2.43. The average Bonchev–Trinajstić information content (AvgIpc) is 2.85. The van der Waals surface area contributed by atoms with Crippen molar-refractivity contribution in [2.45, 2.75) is 58.0 Å². The Kier molecular flexibility index (Phi) is 7.41. The van der Waals surface area contributed by atoms with Crippen molar-refractivity contribution < 1.29 is 14.0 Å². The molecule has 176 valence electrons. The second-order valence-corrected chi connectivity index (χ2v) is 8.87. The number of fused-ring (bicyclic) bond motifs is 1. The number of nitrogens with zero attached hydrogens (tertiary/aromatic N) is 2. The van der Waals surface area contributed by atoms with E-state index in [1.807, 2.05) is 66.4 Å². The summed E-state index contributed by atoms with van der Waals surface area (Å²) in [7, 11) is 0. The predicted octanol–water partition coefficient (Wildman–Crippen LogP) is 6.92. The molecule has 0 unspecified atom stereocenters. The molecule has 0 radical (unpaired) electrons. The monoisotopic (exact) mass is 458 g/mol. The van der Waals surface area contributed by atoms with Crippen molar-refractivity contribution in [3.8, 4) is 0 Å². The highest BCUT2D eigenvalue weighted by Gasteiger charge is 2.39. The van der Waals surface area contributed by atoms with Gasteiger partial charge in [-0.2, -0.15) is 0 Å². The van der Waals surface area contributed by atoms with Crippen LogP contribution in [0.2, 0.25) is 0 Å². The highest BCUT2D eigenvalue weighted by atomic mass is 19.1. The van der Waals surface area contributed by atoms with Gasteiger partial charge in [-0.05, 0) is 55.7 Å². The van der Waals surface area contributed by atoms with Crippen molar-refractivity contribution in [2.24, 2.45) is 0 Å². The summed E-state index contributed by atoms with van der Waals surface area (Å²) in [5.74, 6) is -0.811. The number of anilines is 2. The SMILES string of the molecule is CCCCCC(=O)N(c1ccccc1)[C@H]1C[C@H](C)N(C(=O)c2ccccc2F)c2ccccc21. The molecule has 34 heavy (non-hydrogen) atoms. The van der Waals surface area contributed by atoms with Crippen LogP contribution >= 0.6 is 0 Å². The number of benzene rings is 3. The molecular formula is C29H31FN2O2. The fourth-order valence-corrected chi connectivity index (χ4v) is 4.83. The van der Waals surface area contributed by atoms with Crippen LogP contribution in [0.5, 0.6) is 0 Å². The number of unbranched alkanes of at least 4 members (excludes halogenated alkanes) is 2. The van der Waals surface area contributed by atoms with Crippen LogP contribution in [0, 0.1) is 5.82 Å². The minimum absolute atomic E-state index is 0.0539. The second-order valence-electron chi connectivity index (χ2n) is 8.87. The maximum atomic E-state index is 14.5. The lowest BCUT2D eigenvalue weighted by molar-refractivity contribution is -0.119. The van der Waals surface area contributed by atoms with Crippen molar-refractivity contribution >= 4 is 23.2 Å². The molecule has 4 rings (SSSR count). The lowest BCUT2D eigenvalue weighted by Gasteiger charge is -2.43. The van der Waals surface area contributed by atoms with Gasteiger partial charge in [0.05, 0.1) is 11.6 Å². The van der Waals surface area contributed by atoms with Crippen molar-refractivity contribution in [1.29, 1.82) is 0 Å². The number of halogens is 1. The highest BCUT2D eigenvalue weighted by molar-refractivity contribution is 6.07. The first-order valence-electron chi connectivity index (χ1n) is 12.1. The van der Waals surface area contributed by atoms with E-state index >= 15 is 0 Å². The molecule has 1 aliphatic rings. The van der Waals surface area contributed by atoms with E-state index in [0.29, 0.717) is 12.8 Å². The van der Waals surface area contributed by atoms with Crippen molar-refractivity contribution in [1.82, 2.24) is 0 Å². The molecule has 0 fully saturated rings. The van der Waals surface area contributed by atoms with E-state index in [2.05, 4.69) is 6.92 Å². The molecule has 2 atom stereocenters. The molecule has 0 aliphatic carbocycles. The summed E-state index contributed by atoms with van der Waals surface area (Å²) >= 11 is 0. The number of carbonyl (C=O) groups is 2. The first-order valence-corrected chi connectivity index (χ1v) is 12.1. The summed E-state index contributed by atoms with van der Waals surface area (Å²) in [6.45, 7) is 4.09. The minimum Gasteiger partial charge on any atom is -0.305 e. The molecule has 0 spiro atoms. The van der Waals surface area contributed by atoms with Gasteiger partial charge in [0.1, 0.15) is 5.82 Å². The molecule has 0 N–H and O–H groups in total. The molecule has 4 nitrogen and oxygen atoms in total. The summed E-state index contributed by atoms with van der Waals surface area (Å²) in [5.41, 5.74) is 2.53. The Hall–Kier alpha value is -3.47. The number of rotatable bonds is 7. The quantitative estimate of drug-likeness (QED) is 0.361. The molecular weight excluding hydrogens is 427 g/mol. The van der Waals surface area contributed by atoms with E-state index < -0.39 is 5.82 Å². The van der Waals surface area contributed by atoms with Gasteiger partial charge in [0.15, 0.2) is 0 Å². The first-order chi connectivity index (χ1) is 16.5. The van der Waals surface area contributed by atoms with Crippen molar-refractivity contribution in [3.63, 3.8) is 0 Å². The number of hydrogen-bond acceptors (Lipinski definition) is 2. The number of amides is 2. The normalized spacial score (nSPS) is 17.2. The molecule has 5 heteroatoms. The summed E-state index contributed by atoms with van der Waals surface area (Å²) < 4.78 is 14.5. The van der Waals surface area contributed by atoms with Gasteiger partial charge in [0, 0.05) is 23.8 Å². The van der Waals surface area contributed by atoms with Gasteiger partial charge in [-0.25, -0.2) is 4.39 Å². The lowest BCUT2D eigenvalue weighted by atomic mass is 9.89. The summed E-state index contributed by atoms with van der Waals surface area (Å²) in [6.07, 6.45) is 3.95. The Bertz CT molecular complexity index is 1150. The van der Waals surface area contributed by atoms with E-state index in [9.17, 15) is 14.0 Å². The summed E-state index contributed by atoms with van der Waals surface area (Å²) in [6, 6.07) is 23.1. The standard InChI is InChI=1S/C29H31FN2O2/c1-3-4-6-19-28(33)32(22-13-7-5-8-14-22)27-20-21(2)31(26-18-12-10-16-24(26)27)29(34)23-15-9-11-17-25(23)30/h5,7-18,21,27H,3-4,6,19-20H2,1-2H3/t21-,27-/m0/s1. The Morgan fingerprint density at radius 2 is 1.62 bits per heavy atom. The van der Waals surface area contributed by atoms with Gasteiger partial charge in [0.25, 0.3) is 5.91 Å². The largest absolute Gasteiger partial charge is 0.305 e. The van der Waals surface area contributed by atoms with Gasteiger partial charge in [-0.1, -0.05) is 68.3 Å². The molecule has 1 aliphatic heterocycles. The summed E-state index contributed by atoms with van der Waals surface area (Å²) in [4.78, 5) is 30.5. The number of para-hydroxylation sites is 2. The Labute approximate surface area is 201 Å². The van der Waals surface area contributed by atoms with Gasteiger partial charge < -0.3 is 9.80 Å². The van der Waals surface area contributed by atoms with Crippen LogP contribution in [0.3, 0.4) is 0 Å². The smallest absolute Gasteiger partial charge is 0.261 e. The summed E-state index contributed by atoms with van der Waals surface area (Å²) in [5, 5.41) is 0. The van der Waals surface area contributed by atoms with Crippen LogP contribution < -0.4 is 9.80 Å². The fourth-order valence-electron chi connectivity index (χ4n) is 4.83. The third-order valence-corrected chi connectivity index (χ3v) is 6.49. The van der Waals surface area contributed by atoms with Crippen LogP contribution in [0.15, 0.2) is 78.9 Å². The molecule has 0 bridgehead atoms. The van der Waals surface area contributed by atoms with Gasteiger partial charge >= 0.3 is 0 Å². The van der Waals surface area contributed by atoms with Crippen LogP contribution in [0.4, 0.5) is 15.8 Å². The molecule has 0 saturated carbocycles. The topological polar surface area (TPSA) is 40.6 Å². The van der Waals surface area contributed by atoms with Gasteiger partial charge in [-0.3, -0.25) is 9.59 Å². The second kappa shape index (κ2) is 10.6. The molecule has 2 amide bonds. The number of carbonyl (C=O) groups excluding carboxylic acids is 2. The van der Waals surface area contributed by atoms with Crippen molar-refractivity contribution in [2.75, 3.05) is 9.80 Å². The number of hydrogen-bond donors (Lipinski definition) is 0. The maximum absolute atomic E-state index is 14.5. The van der Waals surface area contributed by atoms with E-state index in [4.69, 9.17) is 0 Å². The van der Waals surface area contributed by atoms with Crippen LogP contribution in [-0.4, -0.2) is 17.9 Å². The molecule has 3 aromatic rings. The van der Waals surface area contributed by atoms with Gasteiger partial charge in [-0.15, -0.1) is 0 Å². The van der Waals surface area contributed by atoms with E-state index in [-0.39, 0.29) is 29.5 Å². The van der Waals surface area contributed by atoms with E-state index in [1.54, 1.807) is 17.0 Å². The third-order valence-electron chi connectivity index (χ3n) is 6.49. The Morgan fingerprint density at radius 3 is 2.35 bits per heavy atom. The predicted molar refractivity (Wildman–Crippen MR) is 135 cm³/mol. The maximum Gasteiger partial charge on any atom is 0.261 e. The molecule has 3 aromatic carbocycles. The lowest BCUT2D eigenvalue weighted by Crippen LogP contribution is -2.48. The van der Waals surface area contributed by atoms with Crippen LogP contribution in [-0.2, 0) is 4.79 Å². The van der Waals surface area contributed by atoms with E-state index in [0.717, 1.165) is 36.2 Å². The van der Waals surface area contributed by atoms with E-state index in [1.165, 1.54) is 12.1 Å². The fraction of sp³-hybridized carbons (Fsp3) is 0.310. The Balaban J connectivity index is 1.75. The Morgan fingerprint density at radius 1 is 0.941 bits per heavy atom. The van der Waals surface area contributed by atoms with Crippen molar-refractivity contribution in [3.05, 3.63) is 95.8 Å². The zero-order chi connectivity index (χ0) is 24.1. The average molecular weight is 459 g/mol. The zero-order valence-electron chi connectivity index (χ0n) is 19.8. The van der Waals surface area contributed by atoms with Gasteiger partial charge in [0.2, 0.25) is 5.91 Å². The molecule has 0 saturated heterocycles. The third kappa shape index (κ3) is 4.74. The van der Waals surface area contributed by atoms with Crippen LogP contribution in [0.25, 0.3) is 0 Å².